The molecule has 106 valence electrons. The third kappa shape index (κ3) is 2.14. The van der Waals surface area contributed by atoms with Crippen LogP contribution < -0.4 is 0 Å². The molecule has 0 radical (unpaired) electrons. The third-order valence-electron chi connectivity index (χ3n) is 3.34. The lowest BCUT2D eigenvalue weighted by molar-refractivity contribution is 0.0943. The van der Waals surface area contributed by atoms with E-state index in [1.165, 1.54) is 23.6 Å². The first-order valence-electron chi connectivity index (χ1n) is 6.29. The van der Waals surface area contributed by atoms with Crippen molar-refractivity contribution in [3.63, 3.8) is 0 Å². The number of aromatic nitrogens is 1. The number of nitrogens with zero attached hydrogens (tertiary/aromatic N) is 1. The van der Waals surface area contributed by atoms with E-state index in [0.29, 0.717) is 22.2 Å². The quantitative estimate of drug-likeness (QED) is 0.700. The maximum Gasteiger partial charge on any atom is 0.228 e. The van der Waals surface area contributed by atoms with Gasteiger partial charge in [0.15, 0.2) is 0 Å². The molecule has 5 heteroatoms. The smallest absolute Gasteiger partial charge is 0.228 e. The number of halogens is 2. The first-order chi connectivity index (χ1) is 10.0. The molecule has 3 nitrogen and oxygen atoms in total. The molecule has 0 spiro atoms. The fraction of sp³-hybridized carbons (Fsp3) is 0.0625. The average molecular weight is 348 g/mol. The van der Waals surface area contributed by atoms with Crippen molar-refractivity contribution in [2.24, 2.45) is 0 Å². The molecule has 0 unspecified atom stereocenters. The number of carbonyl (C=O) groups is 1. The van der Waals surface area contributed by atoms with Crippen LogP contribution in [0, 0.1) is 5.82 Å². The zero-order chi connectivity index (χ0) is 15.1. The van der Waals surface area contributed by atoms with Gasteiger partial charge in [-0.05, 0) is 28.1 Å². The molecule has 2 aromatic carbocycles. The molecule has 0 saturated heterocycles. The molecule has 3 rings (SSSR count). The number of hydrogen-bond donors (Lipinski definition) is 1. The van der Waals surface area contributed by atoms with Crippen molar-refractivity contribution in [1.82, 2.24) is 4.57 Å². The van der Waals surface area contributed by atoms with E-state index in [4.69, 9.17) is 0 Å². The molecule has 0 aliphatic rings. The van der Waals surface area contributed by atoms with Gasteiger partial charge in [-0.1, -0.05) is 30.3 Å². The summed E-state index contributed by atoms with van der Waals surface area (Å²) in [5.41, 5.74) is 1.53. The minimum atomic E-state index is -0.488. The molecule has 0 amide bonds. The molecule has 0 aliphatic carbocycles. The van der Waals surface area contributed by atoms with Gasteiger partial charge < -0.3 is 5.11 Å². The lowest BCUT2D eigenvalue weighted by Crippen LogP contribution is -2.07. The Morgan fingerprint density at radius 1 is 1.24 bits per heavy atom. The van der Waals surface area contributed by atoms with Crippen LogP contribution in [0.5, 0.6) is 5.75 Å². The van der Waals surface area contributed by atoms with Crippen LogP contribution in [-0.2, 0) is 0 Å². The van der Waals surface area contributed by atoms with Crippen LogP contribution >= 0.6 is 15.9 Å². The van der Waals surface area contributed by atoms with Crippen molar-refractivity contribution in [2.75, 3.05) is 0 Å². The summed E-state index contributed by atoms with van der Waals surface area (Å²) >= 11 is 3.11. The number of hydrogen-bond acceptors (Lipinski definition) is 2. The van der Waals surface area contributed by atoms with Gasteiger partial charge in [-0.15, -0.1) is 0 Å². The first kappa shape index (κ1) is 13.8. The third-order valence-corrected chi connectivity index (χ3v) is 3.95. The monoisotopic (exact) mass is 347 g/mol. The van der Waals surface area contributed by atoms with E-state index in [2.05, 4.69) is 15.9 Å². The van der Waals surface area contributed by atoms with Gasteiger partial charge in [0.25, 0.3) is 0 Å². The molecule has 1 aromatic heterocycles. The zero-order valence-electron chi connectivity index (χ0n) is 11.1. The largest absolute Gasteiger partial charge is 0.505 e. The summed E-state index contributed by atoms with van der Waals surface area (Å²) in [6.07, 6.45) is 0. The Kier molecular flexibility index (Phi) is 3.29. The summed E-state index contributed by atoms with van der Waals surface area (Å²) < 4.78 is 15.4. The van der Waals surface area contributed by atoms with E-state index >= 15 is 0 Å². The molecule has 21 heavy (non-hydrogen) atoms. The topological polar surface area (TPSA) is 42.2 Å². The molecule has 0 atom stereocenters. The fourth-order valence-electron chi connectivity index (χ4n) is 2.45. The molecule has 1 N–H and O–H groups in total. The lowest BCUT2D eigenvalue weighted by atomic mass is 10.1. The van der Waals surface area contributed by atoms with Crippen LogP contribution in [0.2, 0.25) is 0 Å². The Morgan fingerprint density at radius 2 is 1.90 bits per heavy atom. The van der Waals surface area contributed by atoms with Gasteiger partial charge >= 0.3 is 0 Å². The van der Waals surface area contributed by atoms with Crippen LogP contribution in [0.1, 0.15) is 11.7 Å². The van der Waals surface area contributed by atoms with Crippen LogP contribution in [0.3, 0.4) is 0 Å². The van der Waals surface area contributed by atoms with Gasteiger partial charge in [0.05, 0.1) is 15.7 Å². The number of carbonyl (C=O) groups excluding carboxylic acids is 1. The predicted octanol–water partition coefficient (Wildman–Crippen LogP) is 4.58. The highest BCUT2D eigenvalue weighted by molar-refractivity contribution is 9.10. The summed E-state index contributed by atoms with van der Waals surface area (Å²) in [7, 11) is 0. The molecule has 3 aromatic rings. The average Bonchev–Trinajstić information content (AvgIpc) is 2.74. The summed E-state index contributed by atoms with van der Waals surface area (Å²) in [4.78, 5) is 12.0. The van der Waals surface area contributed by atoms with E-state index in [0.717, 1.165) is 0 Å². The number of aromatic hydroxyl groups is 1. The summed E-state index contributed by atoms with van der Waals surface area (Å²) in [6.45, 7) is 1.41. The fourth-order valence-corrected chi connectivity index (χ4v) is 2.79. The summed E-state index contributed by atoms with van der Waals surface area (Å²) in [5.74, 6) is -0.839. The highest BCUT2D eigenvalue weighted by atomic mass is 79.9. The Bertz CT molecular complexity index is 856. The Balaban J connectivity index is 2.47. The summed E-state index contributed by atoms with van der Waals surface area (Å²) in [5, 5.41) is 10.7. The van der Waals surface area contributed by atoms with Crippen molar-refractivity contribution in [3.8, 4) is 17.0 Å². The second-order valence-electron chi connectivity index (χ2n) is 4.70. The zero-order valence-corrected chi connectivity index (χ0v) is 12.7. The van der Waals surface area contributed by atoms with Gasteiger partial charge in [0.2, 0.25) is 5.91 Å². The minimum Gasteiger partial charge on any atom is -0.505 e. The van der Waals surface area contributed by atoms with Crippen molar-refractivity contribution < 1.29 is 14.3 Å². The normalized spacial score (nSPS) is 11.0. The van der Waals surface area contributed by atoms with Crippen LogP contribution in [0.15, 0.2) is 46.9 Å². The molecule has 0 fully saturated rings. The maximum atomic E-state index is 13.7. The van der Waals surface area contributed by atoms with Gasteiger partial charge in [-0.2, -0.15) is 0 Å². The second-order valence-corrected chi connectivity index (χ2v) is 5.56. The van der Waals surface area contributed by atoms with Gasteiger partial charge in [0.1, 0.15) is 11.6 Å². The van der Waals surface area contributed by atoms with Crippen molar-refractivity contribution in [1.29, 1.82) is 0 Å². The Morgan fingerprint density at radius 3 is 2.52 bits per heavy atom. The predicted molar refractivity (Wildman–Crippen MR) is 83.0 cm³/mol. The van der Waals surface area contributed by atoms with Gasteiger partial charge in [-0.25, -0.2) is 4.39 Å². The van der Waals surface area contributed by atoms with E-state index in [1.54, 1.807) is 12.1 Å². The lowest BCUT2D eigenvalue weighted by Gasteiger charge is -2.07. The molecular formula is C16H11BrFNO2. The first-order valence-corrected chi connectivity index (χ1v) is 7.08. The molecule has 0 bridgehead atoms. The van der Waals surface area contributed by atoms with Crippen molar-refractivity contribution >= 4 is 32.7 Å². The SMILES string of the molecule is CC(=O)n1c(-c2ccccc2)c(O)c2cc(F)c(Br)cc21. The van der Waals surface area contributed by atoms with Crippen molar-refractivity contribution in [3.05, 3.63) is 52.8 Å². The standard InChI is InChI=1S/C16H11BrFNO2/c1-9(20)19-14-8-12(17)13(18)7-11(14)16(21)15(19)10-5-3-2-4-6-10/h2-8,21H,1H3. The van der Waals surface area contributed by atoms with Gasteiger partial charge in [0, 0.05) is 17.9 Å². The highest BCUT2D eigenvalue weighted by Crippen LogP contribution is 2.40. The highest BCUT2D eigenvalue weighted by Gasteiger charge is 2.21. The minimum absolute atomic E-state index is 0.0993. The summed E-state index contributed by atoms with van der Waals surface area (Å²) in [6, 6.07) is 11.8. The van der Waals surface area contributed by atoms with E-state index < -0.39 is 5.82 Å². The van der Waals surface area contributed by atoms with E-state index in [9.17, 15) is 14.3 Å². The number of fused-ring (bicyclic) bond motifs is 1. The number of rotatable bonds is 1. The number of benzene rings is 2. The molecular weight excluding hydrogens is 337 g/mol. The molecule has 0 aliphatic heterocycles. The maximum absolute atomic E-state index is 13.7. The van der Waals surface area contributed by atoms with Crippen LogP contribution in [0.4, 0.5) is 4.39 Å². The van der Waals surface area contributed by atoms with E-state index in [1.807, 2.05) is 18.2 Å². The van der Waals surface area contributed by atoms with E-state index in [-0.39, 0.29) is 16.1 Å². The Labute approximate surface area is 128 Å². The molecule has 1 heterocycles. The van der Waals surface area contributed by atoms with Gasteiger partial charge in [-0.3, -0.25) is 9.36 Å². The van der Waals surface area contributed by atoms with Crippen LogP contribution in [0.25, 0.3) is 22.2 Å². The molecule has 0 saturated carbocycles. The second kappa shape index (κ2) is 5.00. The van der Waals surface area contributed by atoms with Crippen LogP contribution in [-0.4, -0.2) is 15.6 Å². The van der Waals surface area contributed by atoms with Crippen molar-refractivity contribution in [2.45, 2.75) is 6.92 Å². The Hall–Kier alpha value is -2.14.